The first-order valence-corrected chi connectivity index (χ1v) is 8.69. The molecule has 1 saturated carbocycles. The van der Waals surface area contributed by atoms with Gasteiger partial charge in [-0.05, 0) is 25.0 Å². The number of aromatic nitrogens is 3. The van der Waals surface area contributed by atoms with E-state index in [9.17, 15) is 5.11 Å². The molecule has 3 rings (SSSR count). The highest BCUT2D eigenvalue weighted by molar-refractivity contribution is 6.60. The van der Waals surface area contributed by atoms with E-state index in [0.717, 1.165) is 35.5 Å². The zero-order valence-electron chi connectivity index (χ0n) is 14.6. The number of anilines is 1. The van der Waals surface area contributed by atoms with Crippen molar-refractivity contribution in [2.45, 2.75) is 56.4 Å². The lowest BCUT2D eigenvalue weighted by atomic mass is 9.49. The van der Waals surface area contributed by atoms with E-state index in [4.69, 9.17) is 0 Å². The van der Waals surface area contributed by atoms with Gasteiger partial charge in [-0.3, -0.25) is 0 Å². The second kappa shape index (κ2) is 6.23. The van der Waals surface area contributed by atoms with E-state index >= 15 is 0 Å². The second-order valence-electron chi connectivity index (χ2n) is 7.74. The van der Waals surface area contributed by atoms with Gasteiger partial charge in [0.2, 0.25) is 0 Å². The molecule has 2 heterocycles. The van der Waals surface area contributed by atoms with Gasteiger partial charge >= 0.3 is 0 Å². The van der Waals surface area contributed by atoms with E-state index in [0.29, 0.717) is 6.04 Å². The number of fused-ring (bicyclic) bond motifs is 1. The van der Waals surface area contributed by atoms with Gasteiger partial charge in [0.05, 0.1) is 11.7 Å². The molecule has 0 aliphatic heterocycles. The van der Waals surface area contributed by atoms with Crippen LogP contribution in [0.4, 0.5) is 5.82 Å². The van der Waals surface area contributed by atoms with Crippen LogP contribution in [-0.4, -0.2) is 48.4 Å². The van der Waals surface area contributed by atoms with Crippen LogP contribution in [0.1, 0.15) is 57.0 Å². The van der Waals surface area contributed by atoms with E-state index in [-0.39, 0.29) is 5.24 Å². The highest BCUT2D eigenvalue weighted by atomic mass is 16.3. The maximum atomic E-state index is 10.2. The SMILES string of the molecule is BC(B)(B)Nc1cc2c(cn1)nc(C(C)O)n2C1CCCCC1. The van der Waals surface area contributed by atoms with Crippen molar-refractivity contribution in [2.75, 3.05) is 5.32 Å². The molecule has 1 fully saturated rings. The fraction of sp³-hybridized carbons (Fsp3) is 0.600. The third-order valence-electron chi connectivity index (χ3n) is 4.42. The minimum absolute atomic E-state index is 0.0382. The number of pyridine rings is 1. The Kier molecular flexibility index (Phi) is 4.45. The predicted octanol–water partition coefficient (Wildman–Crippen LogP) is -0.0877. The zero-order valence-corrected chi connectivity index (χ0v) is 14.6. The van der Waals surface area contributed by atoms with Crippen LogP contribution in [0.3, 0.4) is 0 Å². The number of nitrogens with zero attached hydrogens (tertiary/aromatic N) is 3. The normalized spacial score (nSPS) is 18.2. The summed E-state index contributed by atoms with van der Waals surface area (Å²) in [5.74, 6) is 1.63. The first kappa shape index (κ1) is 16.4. The Morgan fingerprint density at radius 1 is 1.30 bits per heavy atom. The lowest BCUT2D eigenvalue weighted by molar-refractivity contribution is 0.178. The molecule has 8 heteroatoms. The minimum Gasteiger partial charge on any atom is -0.388 e. The standard InChI is InChI=1S/C15H25B3N4O/c1-9(23)14-20-11-8-19-13(21-15(16,17)18)7-12(11)22(14)10-5-3-2-4-6-10/h7-10,23H,2-6,16-18H2,1H3,(H,19,21). The number of imidazole rings is 1. The molecule has 120 valence electrons. The van der Waals surface area contributed by atoms with Gasteiger partial charge in [-0.2, -0.15) is 0 Å². The summed E-state index contributed by atoms with van der Waals surface area (Å²) in [5, 5.41) is 13.6. The van der Waals surface area contributed by atoms with Crippen LogP contribution in [0.5, 0.6) is 0 Å². The molecule has 1 aliphatic carbocycles. The Labute approximate surface area is 140 Å². The van der Waals surface area contributed by atoms with Gasteiger partial charge in [0.25, 0.3) is 0 Å². The quantitative estimate of drug-likeness (QED) is 0.775. The van der Waals surface area contributed by atoms with Crippen LogP contribution < -0.4 is 5.32 Å². The number of hydrogen-bond acceptors (Lipinski definition) is 4. The number of hydrogen-bond donors (Lipinski definition) is 2. The summed E-state index contributed by atoms with van der Waals surface area (Å²) < 4.78 is 2.26. The molecule has 5 nitrogen and oxygen atoms in total. The fourth-order valence-electron chi connectivity index (χ4n) is 3.49. The van der Waals surface area contributed by atoms with Crippen molar-refractivity contribution in [1.29, 1.82) is 0 Å². The van der Waals surface area contributed by atoms with Crippen LogP contribution >= 0.6 is 0 Å². The van der Waals surface area contributed by atoms with Crippen LogP contribution in [0.15, 0.2) is 12.3 Å². The molecular weight excluding hydrogens is 285 g/mol. The van der Waals surface area contributed by atoms with Crippen LogP contribution in [-0.2, 0) is 0 Å². The summed E-state index contributed by atoms with van der Waals surface area (Å²) in [6, 6.07) is 2.51. The molecule has 2 aromatic rings. The third-order valence-corrected chi connectivity index (χ3v) is 4.42. The van der Waals surface area contributed by atoms with E-state index in [1.54, 1.807) is 6.92 Å². The van der Waals surface area contributed by atoms with Gasteiger partial charge in [-0.1, -0.05) is 19.3 Å². The molecule has 2 N–H and O–H groups in total. The van der Waals surface area contributed by atoms with Crippen LogP contribution in [0.25, 0.3) is 11.0 Å². The molecule has 1 atom stereocenters. The molecule has 0 aromatic carbocycles. The van der Waals surface area contributed by atoms with Crippen molar-refractivity contribution in [2.24, 2.45) is 0 Å². The van der Waals surface area contributed by atoms with Gasteiger partial charge in [0.15, 0.2) is 0 Å². The molecule has 0 amide bonds. The summed E-state index contributed by atoms with van der Waals surface area (Å²) in [5.41, 5.74) is 1.94. The van der Waals surface area contributed by atoms with Gasteiger partial charge in [0, 0.05) is 12.1 Å². The van der Waals surface area contributed by atoms with Gasteiger partial charge < -0.3 is 15.0 Å². The van der Waals surface area contributed by atoms with Gasteiger partial charge in [0.1, 0.15) is 46.8 Å². The van der Waals surface area contributed by atoms with Crippen molar-refractivity contribution in [1.82, 2.24) is 14.5 Å². The summed E-state index contributed by atoms with van der Waals surface area (Å²) in [7, 11) is 6.37. The van der Waals surface area contributed by atoms with Gasteiger partial charge in [-0.15, -0.1) is 0 Å². The minimum atomic E-state index is -0.566. The van der Waals surface area contributed by atoms with Crippen LogP contribution in [0.2, 0.25) is 0 Å². The lowest BCUT2D eigenvalue weighted by Gasteiger charge is -2.26. The molecule has 0 bridgehead atoms. The maximum absolute atomic E-state index is 10.2. The largest absolute Gasteiger partial charge is 0.388 e. The number of nitrogens with one attached hydrogen (secondary N) is 1. The first-order chi connectivity index (χ1) is 10.8. The fourth-order valence-corrected chi connectivity index (χ4v) is 3.49. The summed E-state index contributed by atoms with van der Waals surface area (Å²) >= 11 is 0. The van der Waals surface area contributed by atoms with E-state index in [1.165, 1.54) is 19.3 Å². The van der Waals surface area contributed by atoms with Crippen LogP contribution in [0, 0.1) is 0 Å². The van der Waals surface area contributed by atoms with Crippen molar-refractivity contribution in [3.63, 3.8) is 0 Å². The average Bonchev–Trinajstić information content (AvgIpc) is 2.85. The van der Waals surface area contributed by atoms with Crippen molar-refractivity contribution >= 4 is 40.4 Å². The van der Waals surface area contributed by atoms with E-state index in [1.807, 2.05) is 6.20 Å². The summed E-state index contributed by atoms with van der Waals surface area (Å²) in [6.07, 6.45) is 7.39. The zero-order chi connectivity index (χ0) is 16.6. The Morgan fingerprint density at radius 2 is 2.00 bits per heavy atom. The molecule has 1 unspecified atom stereocenters. The smallest absolute Gasteiger partial charge is 0.138 e. The van der Waals surface area contributed by atoms with Gasteiger partial charge in [-0.25, -0.2) is 9.97 Å². The molecule has 0 saturated heterocycles. The summed E-state index contributed by atoms with van der Waals surface area (Å²) in [6.45, 7) is 1.79. The third kappa shape index (κ3) is 3.57. The molecule has 2 aromatic heterocycles. The molecule has 1 aliphatic rings. The van der Waals surface area contributed by atoms with Crippen molar-refractivity contribution in [3.05, 3.63) is 18.1 Å². The lowest BCUT2D eigenvalue weighted by Crippen LogP contribution is -2.40. The monoisotopic (exact) mass is 310 g/mol. The highest BCUT2D eigenvalue weighted by Crippen LogP contribution is 2.34. The maximum Gasteiger partial charge on any atom is 0.138 e. The molecular formula is C15H25B3N4O. The number of aliphatic hydroxyl groups excluding tert-OH is 1. The molecule has 0 spiro atoms. The Balaban J connectivity index is 2.08. The predicted molar refractivity (Wildman–Crippen MR) is 102 cm³/mol. The molecule has 23 heavy (non-hydrogen) atoms. The van der Waals surface area contributed by atoms with E-state index < -0.39 is 6.10 Å². The van der Waals surface area contributed by atoms with Crippen molar-refractivity contribution in [3.8, 4) is 0 Å². The molecule has 0 radical (unpaired) electrons. The summed E-state index contributed by atoms with van der Waals surface area (Å²) in [4.78, 5) is 9.13. The topological polar surface area (TPSA) is 63.0 Å². The number of rotatable bonds is 4. The Bertz CT molecular complexity index is 690. The number of aliphatic hydroxyl groups is 1. The van der Waals surface area contributed by atoms with Crippen molar-refractivity contribution < 1.29 is 5.11 Å². The first-order valence-electron chi connectivity index (χ1n) is 8.69. The average molecular weight is 310 g/mol. The van der Waals surface area contributed by atoms with E-state index in [2.05, 4.69) is 49.5 Å². The Hall–Kier alpha value is -1.43. The Morgan fingerprint density at radius 3 is 2.61 bits per heavy atom. The highest BCUT2D eigenvalue weighted by Gasteiger charge is 2.24. The second-order valence-corrected chi connectivity index (χ2v) is 7.74.